The van der Waals surface area contributed by atoms with Crippen LogP contribution in [-0.2, 0) is 10.2 Å². The van der Waals surface area contributed by atoms with Crippen molar-refractivity contribution >= 4 is 18.2 Å². The third-order valence-corrected chi connectivity index (χ3v) is 5.37. The lowest BCUT2D eigenvalue weighted by molar-refractivity contribution is 0.149. The topological polar surface area (TPSA) is 38.3 Å². The number of fused-ring (bicyclic) bond motifs is 4. The second-order valence-corrected chi connectivity index (χ2v) is 6.85. The first kappa shape index (κ1) is 16.6. The summed E-state index contributed by atoms with van der Waals surface area (Å²) in [6, 6.07) is 17.2. The Kier molecular flexibility index (Phi) is 4.37. The number of amides is 1. The summed E-state index contributed by atoms with van der Waals surface area (Å²) in [5.74, 6) is 0. The number of hydrogen-bond acceptors (Lipinski definition) is 2. The fourth-order valence-corrected chi connectivity index (χ4v) is 4.16. The van der Waals surface area contributed by atoms with Crippen molar-refractivity contribution in [1.29, 1.82) is 0 Å². The maximum atomic E-state index is 11.8. The molecular formula is C23H23NO2. The average molecular weight is 345 g/mol. The molecule has 3 heteroatoms. The van der Waals surface area contributed by atoms with Crippen LogP contribution < -0.4 is 5.32 Å². The van der Waals surface area contributed by atoms with Crippen molar-refractivity contribution in [1.82, 2.24) is 5.32 Å². The van der Waals surface area contributed by atoms with Crippen LogP contribution in [0, 0.1) is 0 Å². The molecule has 2 aliphatic carbocycles. The van der Waals surface area contributed by atoms with Gasteiger partial charge in [-0.25, -0.2) is 4.79 Å². The summed E-state index contributed by atoms with van der Waals surface area (Å²) >= 11 is 0. The Balaban J connectivity index is 1.76. The molecule has 2 aliphatic rings. The highest BCUT2D eigenvalue weighted by Gasteiger charge is 2.38. The monoisotopic (exact) mass is 345 g/mol. The number of nitrogens with one attached hydrogen (secondary N) is 1. The molecular weight excluding hydrogens is 322 g/mol. The van der Waals surface area contributed by atoms with E-state index in [0.29, 0.717) is 6.61 Å². The van der Waals surface area contributed by atoms with Gasteiger partial charge in [0.15, 0.2) is 0 Å². The van der Waals surface area contributed by atoms with Gasteiger partial charge in [0.2, 0.25) is 0 Å². The van der Waals surface area contributed by atoms with E-state index in [9.17, 15) is 4.79 Å². The quantitative estimate of drug-likeness (QED) is 0.785. The number of carbonyl (C=O) groups is 1. The average Bonchev–Trinajstić information content (AvgIpc) is 2.80. The van der Waals surface area contributed by atoms with Gasteiger partial charge in [-0.05, 0) is 42.0 Å². The summed E-state index contributed by atoms with van der Waals surface area (Å²) in [7, 11) is 0. The van der Waals surface area contributed by atoms with Gasteiger partial charge in [-0.15, -0.1) is 0 Å². The van der Waals surface area contributed by atoms with Crippen molar-refractivity contribution in [2.24, 2.45) is 0 Å². The molecule has 1 amide bonds. The normalized spacial score (nSPS) is 19.3. The fraction of sp³-hybridized carbons (Fsp3) is 0.261. The van der Waals surface area contributed by atoms with E-state index in [1.165, 1.54) is 22.3 Å². The molecule has 0 aromatic heterocycles. The highest BCUT2D eigenvalue weighted by atomic mass is 16.5. The third kappa shape index (κ3) is 2.84. The first-order valence-electron chi connectivity index (χ1n) is 9.23. The smallest absolute Gasteiger partial charge is 0.407 e. The van der Waals surface area contributed by atoms with Crippen LogP contribution in [0.15, 0.2) is 60.7 Å². The number of allylic oxidation sites excluding steroid dienone is 1. The minimum absolute atomic E-state index is 0.00946. The molecule has 3 nitrogen and oxygen atoms in total. The molecule has 0 bridgehead atoms. The zero-order valence-electron chi connectivity index (χ0n) is 14.9. The zero-order valence-corrected chi connectivity index (χ0v) is 14.9. The standard InChI is InChI=1S/C23H23NO2/c1-2-26-22(25)24-19-13-15-23(16-14-19)20-9-5-3-7-17(20)11-12-18-8-4-6-10-21(18)23/h3-13,15,19H,2,14,16H2,1H3,(H,24,25). The van der Waals surface area contributed by atoms with E-state index in [0.717, 1.165) is 12.8 Å². The molecule has 0 fully saturated rings. The van der Waals surface area contributed by atoms with Crippen molar-refractivity contribution in [3.63, 3.8) is 0 Å². The summed E-state index contributed by atoms with van der Waals surface area (Å²) in [4.78, 5) is 11.8. The molecule has 0 heterocycles. The SMILES string of the molecule is CCOC(=O)NC1C=CC2(CC1)c1ccccc1C=Cc1ccccc12. The molecule has 26 heavy (non-hydrogen) atoms. The van der Waals surface area contributed by atoms with Crippen LogP contribution in [0.4, 0.5) is 4.79 Å². The van der Waals surface area contributed by atoms with E-state index < -0.39 is 0 Å². The van der Waals surface area contributed by atoms with Gasteiger partial charge in [0.1, 0.15) is 0 Å². The van der Waals surface area contributed by atoms with Crippen LogP contribution in [0.25, 0.3) is 12.2 Å². The Labute approximate surface area is 154 Å². The van der Waals surface area contributed by atoms with Crippen LogP contribution in [0.2, 0.25) is 0 Å². The highest BCUT2D eigenvalue weighted by molar-refractivity contribution is 5.78. The Hall–Kier alpha value is -2.81. The molecule has 1 spiro atoms. The van der Waals surface area contributed by atoms with E-state index in [4.69, 9.17) is 4.74 Å². The first-order chi connectivity index (χ1) is 12.7. The summed E-state index contributed by atoms with van der Waals surface area (Å²) < 4.78 is 5.02. The van der Waals surface area contributed by atoms with E-state index in [2.05, 4.69) is 78.2 Å². The first-order valence-corrected chi connectivity index (χ1v) is 9.23. The molecule has 2 aromatic carbocycles. The maximum Gasteiger partial charge on any atom is 0.407 e. The Morgan fingerprint density at radius 2 is 1.69 bits per heavy atom. The van der Waals surface area contributed by atoms with Gasteiger partial charge in [-0.1, -0.05) is 72.8 Å². The summed E-state index contributed by atoms with van der Waals surface area (Å²) in [6.45, 7) is 2.20. The van der Waals surface area contributed by atoms with Gasteiger partial charge in [-0.3, -0.25) is 0 Å². The Bertz CT molecular complexity index is 832. The minimum atomic E-state index is -0.346. The molecule has 1 N–H and O–H groups in total. The molecule has 0 saturated carbocycles. The Morgan fingerprint density at radius 1 is 1.08 bits per heavy atom. The van der Waals surface area contributed by atoms with Gasteiger partial charge < -0.3 is 10.1 Å². The molecule has 0 radical (unpaired) electrons. The maximum absolute atomic E-state index is 11.8. The molecule has 0 saturated heterocycles. The van der Waals surface area contributed by atoms with Crippen LogP contribution in [0.3, 0.4) is 0 Å². The van der Waals surface area contributed by atoms with Crippen LogP contribution in [0.1, 0.15) is 42.0 Å². The van der Waals surface area contributed by atoms with Crippen LogP contribution in [-0.4, -0.2) is 18.7 Å². The van der Waals surface area contributed by atoms with Crippen LogP contribution >= 0.6 is 0 Å². The van der Waals surface area contributed by atoms with Crippen molar-refractivity contribution in [2.75, 3.05) is 6.61 Å². The highest BCUT2D eigenvalue weighted by Crippen LogP contribution is 2.46. The lowest BCUT2D eigenvalue weighted by Gasteiger charge is -2.38. The van der Waals surface area contributed by atoms with Gasteiger partial charge in [0.05, 0.1) is 12.6 Å². The molecule has 4 rings (SSSR count). The van der Waals surface area contributed by atoms with Gasteiger partial charge in [0, 0.05) is 5.41 Å². The van der Waals surface area contributed by atoms with E-state index in [1.54, 1.807) is 0 Å². The Morgan fingerprint density at radius 3 is 2.23 bits per heavy atom. The van der Waals surface area contributed by atoms with Gasteiger partial charge >= 0.3 is 6.09 Å². The second kappa shape index (κ2) is 6.83. The van der Waals surface area contributed by atoms with E-state index >= 15 is 0 Å². The number of benzene rings is 2. The predicted octanol–water partition coefficient (Wildman–Crippen LogP) is 4.92. The number of ether oxygens (including phenoxy) is 1. The van der Waals surface area contributed by atoms with Crippen molar-refractivity contribution in [2.45, 2.75) is 31.2 Å². The van der Waals surface area contributed by atoms with E-state index in [-0.39, 0.29) is 17.6 Å². The lowest BCUT2D eigenvalue weighted by atomic mass is 9.66. The zero-order chi connectivity index (χ0) is 18.0. The molecule has 132 valence electrons. The largest absolute Gasteiger partial charge is 0.450 e. The molecule has 1 unspecified atom stereocenters. The minimum Gasteiger partial charge on any atom is -0.450 e. The summed E-state index contributed by atoms with van der Waals surface area (Å²) in [5.41, 5.74) is 5.00. The number of hydrogen-bond donors (Lipinski definition) is 1. The lowest BCUT2D eigenvalue weighted by Crippen LogP contribution is -2.39. The number of rotatable bonds is 2. The molecule has 2 aromatic rings. The molecule has 0 aliphatic heterocycles. The second-order valence-electron chi connectivity index (χ2n) is 6.85. The van der Waals surface area contributed by atoms with Crippen molar-refractivity contribution < 1.29 is 9.53 Å². The fourth-order valence-electron chi connectivity index (χ4n) is 4.16. The van der Waals surface area contributed by atoms with E-state index in [1.807, 2.05) is 6.92 Å². The number of alkyl carbamates (subject to hydrolysis) is 1. The van der Waals surface area contributed by atoms with Gasteiger partial charge in [-0.2, -0.15) is 0 Å². The van der Waals surface area contributed by atoms with Gasteiger partial charge in [0.25, 0.3) is 0 Å². The van der Waals surface area contributed by atoms with Crippen LogP contribution in [0.5, 0.6) is 0 Å². The molecule has 1 atom stereocenters. The van der Waals surface area contributed by atoms with Crippen molar-refractivity contribution in [3.05, 3.63) is 82.9 Å². The van der Waals surface area contributed by atoms with Crippen molar-refractivity contribution in [3.8, 4) is 0 Å². The third-order valence-electron chi connectivity index (χ3n) is 5.37. The predicted molar refractivity (Wildman–Crippen MR) is 105 cm³/mol. The summed E-state index contributed by atoms with van der Waals surface area (Å²) in [5, 5.41) is 2.94. The number of carbonyl (C=O) groups excluding carboxylic acids is 1. The summed E-state index contributed by atoms with van der Waals surface area (Å²) in [6.07, 6.45) is 10.3.